The summed E-state index contributed by atoms with van der Waals surface area (Å²) in [5.41, 5.74) is -0.118. The maximum Gasteiger partial charge on any atom is 0.421 e. The predicted octanol–water partition coefficient (Wildman–Crippen LogP) is 3.58. The lowest BCUT2D eigenvalue weighted by molar-refractivity contribution is -0.139. The molecule has 2 aliphatic rings. The first kappa shape index (κ1) is 27.7. The number of ether oxygens (including phenoxy) is 2. The third kappa shape index (κ3) is 5.42. The Balaban J connectivity index is 1.48. The number of fused-ring (bicyclic) bond motifs is 4. The Morgan fingerprint density at radius 2 is 2.10 bits per heavy atom. The van der Waals surface area contributed by atoms with Gasteiger partial charge >= 0.3 is 12.2 Å². The molecule has 2 aliphatic heterocycles. The summed E-state index contributed by atoms with van der Waals surface area (Å²) in [5.74, 6) is -0.218. The number of halogens is 4. The first-order valence-corrected chi connectivity index (χ1v) is 12.5. The number of alkyl halides is 3. The molecule has 40 heavy (non-hydrogen) atoms. The van der Waals surface area contributed by atoms with Crippen molar-refractivity contribution in [2.24, 2.45) is 0 Å². The smallest absolute Gasteiger partial charge is 0.421 e. The number of aromatic nitrogens is 3. The summed E-state index contributed by atoms with van der Waals surface area (Å²) >= 11 is 6.51. The van der Waals surface area contributed by atoms with E-state index in [-0.39, 0.29) is 40.6 Å². The highest BCUT2D eigenvalue weighted by molar-refractivity contribution is 6.33. The first-order valence-electron chi connectivity index (χ1n) is 12.1. The molecule has 5 rings (SSSR count). The van der Waals surface area contributed by atoms with E-state index >= 15 is 0 Å². The molecule has 3 N–H and O–H groups in total. The van der Waals surface area contributed by atoms with E-state index in [1.54, 1.807) is 12.1 Å². The third-order valence-electron chi connectivity index (χ3n) is 6.50. The second-order valence-electron chi connectivity index (χ2n) is 9.16. The van der Waals surface area contributed by atoms with E-state index in [0.29, 0.717) is 30.9 Å². The van der Waals surface area contributed by atoms with Gasteiger partial charge < -0.3 is 29.9 Å². The van der Waals surface area contributed by atoms with Crippen LogP contribution in [0.4, 0.5) is 35.2 Å². The number of nitrogens with one attached hydrogen (secondary N) is 1. The van der Waals surface area contributed by atoms with Crippen LogP contribution < -0.4 is 24.6 Å². The largest absolute Gasteiger partial charge is 0.481 e. The van der Waals surface area contributed by atoms with Crippen LogP contribution >= 0.6 is 11.6 Å². The van der Waals surface area contributed by atoms with Gasteiger partial charge in [-0.2, -0.15) is 13.2 Å². The number of aliphatic hydroxyl groups excluding tert-OH is 2. The molecule has 2 atom stereocenters. The van der Waals surface area contributed by atoms with Crippen molar-refractivity contribution in [2.45, 2.75) is 24.7 Å². The molecular formula is C25H24ClF3N6O5. The second-order valence-corrected chi connectivity index (χ2v) is 9.57. The second kappa shape index (κ2) is 10.9. The summed E-state index contributed by atoms with van der Waals surface area (Å²) in [6, 6.07) is 4.68. The summed E-state index contributed by atoms with van der Waals surface area (Å²) in [6.45, 7) is 0.500. The Labute approximate surface area is 231 Å². The molecule has 2 amide bonds. The van der Waals surface area contributed by atoms with Gasteiger partial charge in [0.15, 0.2) is 5.82 Å². The van der Waals surface area contributed by atoms with Crippen molar-refractivity contribution in [1.29, 1.82) is 0 Å². The molecule has 15 heteroatoms. The van der Waals surface area contributed by atoms with Gasteiger partial charge in [0.25, 0.3) is 0 Å². The zero-order chi connectivity index (χ0) is 28.6. The topological polar surface area (TPSA) is 133 Å². The van der Waals surface area contributed by atoms with E-state index in [0.717, 1.165) is 13.2 Å². The van der Waals surface area contributed by atoms with Crippen LogP contribution in [0.1, 0.15) is 12.0 Å². The fourth-order valence-corrected chi connectivity index (χ4v) is 4.87. The zero-order valence-corrected chi connectivity index (χ0v) is 21.8. The number of hydrogen-bond donors (Lipinski definition) is 3. The van der Waals surface area contributed by atoms with Crippen molar-refractivity contribution in [3.8, 4) is 23.0 Å². The monoisotopic (exact) mass is 580 g/mol. The van der Waals surface area contributed by atoms with Crippen molar-refractivity contribution in [3.05, 3.63) is 47.2 Å². The average Bonchev–Trinajstić information content (AvgIpc) is 3.35. The Morgan fingerprint density at radius 3 is 2.83 bits per heavy atom. The number of aliphatic hydroxyl groups is 2. The Kier molecular flexibility index (Phi) is 7.57. The normalized spacial score (nSPS) is 16.9. The van der Waals surface area contributed by atoms with Gasteiger partial charge in [0.1, 0.15) is 18.3 Å². The molecule has 3 aromatic rings. The highest BCUT2D eigenvalue weighted by Crippen LogP contribution is 2.44. The fourth-order valence-electron chi connectivity index (χ4n) is 4.62. The average molecular weight is 581 g/mol. The number of methoxy groups -OCH3 is 1. The third-order valence-corrected chi connectivity index (χ3v) is 6.78. The molecule has 3 aromatic heterocycles. The molecule has 11 nitrogen and oxygen atoms in total. The van der Waals surface area contributed by atoms with Gasteiger partial charge in [-0.3, -0.25) is 4.90 Å². The van der Waals surface area contributed by atoms with E-state index in [1.165, 1.54) is 23.4 Å². The minimum atomic E-state index is -4.73. The molecule has 0 saturated carbocycles. The number of hydrogen-bond acceptors (Lipinski definition) is 9. The molecule has 5 heterocycles. The summed E-state index contributed by atoms with van der Waals surface area (Å²) < 4.78 is 51.1. The summed E-state index contributed by atoms with van der Waals surface area (Å²) in [5, 5.41) is 21.3. The van der Waals surface area contributed by atoms with Gasteiger partial charge in [0, 0.05) is 42.8 Å². The molecule has 1 unspecified atom stereocenters. The number of rotatable bonds is 7. The number of urea groups is 1. The van der Waals surface area contributed by atoms with Crippen LogP contribution in [0.15, 0.2) is 36.7 Å². The predicted molar refractivity (Wildman–Crippen MR) is 139 cm³/mol. The van der Waals surface area contributed by atoms with Crippen molar-refractivity contribution in [1.82, 2.24) is 15.0 Å². The summed E-state index contributed by atoms with van der Waals surface area (Å²) in [6.07, 6.45) is -2.58. The summed E-state index contributed by atoms with van der Waals surface area (Å²) in [4.78, 5) is 29.4. The van der Waals surface area contributed by atoms with Gasteiger partial charge in [-0.15, -0.1) is 0 Å². The molecule has 212 valence electrons. The Hall–Kier alpha value is -3.88. The molecule has 2 bridgehead atoms. The highest BCUT2D eigenvalue weighted by Gasteiger charge is 2.41. The van der Waals surface area contributed by atoms with Crippen LogP contribution in [0, 0.1) is 0 Å². The zero-order valence-electron chi connectivity index (χ0n) is 21.0. The van der Waals surface area contributed by atoms with Gasteiger partial charge in [-0.1, -0.05) is 11.6 Å². The molecule has 1 fully saturated rings. The van der Waals surface area contributed by atoms with E-state index < -0.39 is 36.4 Å². The standard InChI is InChI=1S/C25H24ClF3N6O5/c1-39-23-17(25(27,28)29)6-13(9-31-23)21-18(26)8-19-22(33-21)35(15-3-5-34(19)10-15)24(38)32-14-2-4-30-20(7-14)40-12-16(37)11-36/h2,4,6-9,15-16,36-37H,3,5,10-12H2,1H3,(H,30,32,38)/t15-,16?/m0/s1. The molecule has 0 spiro atoms. The quantitative estimate of drug-likeness (QED) is 0.383. The molecular weight excluding hydrogens is 557 g/mol. The van der Waals surface area contributed by atoms with Gasteiger partial charge in [-0.25, -0.2) is 19.7 Å². The van der Waals surface area contributed by atoms with Gasteiger partial charge in [0.2, 0.25) is 11.8 Å². The van der Waals surface area contributed by atoms with E-state index in [1.807, 2.05) is 4.90 Å². The number of pyridine rings is 3. The summed E-state index contributed by atoms with van der Waals surface area (Å²) in [7, 11) is 1.10. The number of anilines is 3. The minimum Gasteiger partial charge on any atom is -0.481 e. The number of carbonyl (C=O) groups is 1. The van der Waals surface area contributed by atoms with Crippen molar-refractivity contribution < 1.29 is 37.7 Å². The van der Waals surface area contributed by atoms with Crippen LogP contribution in [0.5, 0.6) is 11.8 Å². The molecule has 1 saturated heterocycles. The maximum absolute atomic E-state index is 13.6. The van der Waals surface area contributed by atoms with Gasteiger partial charge in [0.05, 0.1) is 36.2 Å². The van der Waals surface area contributed by atoms with Crippen molar-refractivity contribution in [2.75, 3.05) is 48.5 Å². The lowest BCUT2D eigenvalue weighted by Gasteiger charge is -2.36. The number of amides is 2. The molecule has 0 aliphatic carbocycles. The van der Waals surface area contributed by atoms with E-state index in [4.69, 9.17) is 26.2 Å². The molecule has 0 aromatic carbocycles. The van der Waals surface area contributed by atoms with Crippen LogP contribution in [0.2, 0.25) is 5.02 Å². The van der Waals surface area contributed by atoms with Crippen LogP contribution in [0.3, 0.4) is 0 Å². The Bertz CT molecular complexity index is 1430. The van der Waals surface area contributed by atoms with Crippen molar-refractivity contribution >= 4 is 34.8 Å². The number of nitrogens with zero attached hydrogens (tertiary/aromatic N) is 5. The van der Waals surface area contributed by atoms with Crippen LogP contribution in [-0.4, -0.2) is 76.8 Å². The lowest BCUT2D eigenvalue weighted by atomic mass is 10.1. The van der Waals surface area contributed by atoms with Crippen LogP contribution in [-0.2, 0) is 6.18 Å². The van der Waals surface area contributed by atoms with Crippen LogP contribution in [0.25, 0.3) is 11.3 Å². The van der Waals surface area contributed by atoms with E-state index in [9.17, 15) is 23.1 Å². The first-order chi connectivity index (χ1) is 19.1. The number of carbonyl (C=O) groups excluding carboxylic acids is 1. The van der Waals surface area contributed by atoms with E-state index in [2.05, 4.69) is 20.3 Å². The molecule has 0 radical (unpaired) electrons. The lowest BCUT2D eigenvalue weighted by Crippen LogP contribution is -2.48. The maximum atomic E-state index is 13.6. The highest BCUT2D eigenvalue weighted by atomic mass is 35.5. The van der Waals surface area contributed by atoms with Crippen molar-refractivity contribution in [3.63, 3.8) is 0 Å². The van der Waals surface area contributed by atoms with Gasteiger partial charge in [-0.05, 0) is 24.6 Å². The SMILES string of the molecule is COc1ncc(-c2nc3c(cc2Cl)N2CC[C@@H](C2)N3C(=O)Nc2ccnc(OCC(O)CO)c2)cc1C(F)(F)F. The minimum absolute atomic E-state index is 0.00944. The Morgan fingerprint density at radius 1 is 1.30 bits per heavy atom. The fraction of sp³-hybridized carbons (Fsp3) is 0.360.